The first-order valence-corrected chi connectivity index (χ1v) is 8.82. The smallest absolute Gasteiger partial charge is 0.247 e. The van der Waals surface area contributed by atoms with E-state index in [0.717, 1.165) is 17.7 Å². The number of halogens is 1. The minimum absolute atomic E-state index is 0. The number of hydrogen-bond acceptors (Lipinski definition) is 6. The summed E-state index contributed by atoms with van der Waals surface area (Å²) in [6.45, 7) is 5.88. The first-order chi connectivity index (χ1) is 12.5. The Morgan fingerprint density at radius 1 is 1.44 bits per heavy atom. The molecule has 8 nitrogen and oxygen atoms in total. The molecule has 148 valence electrons. The maximum atomic E-state index is 13.3. The first-order valence-electron chi connectivity index (χ1n) is 8.82. The Bertz CT molecular complexity index is 783. The highest BCUT2D eigenvalue weighted by molar-refractivity contribution is 5.85. The normalized spacial score (nSPS) is 20.2. The first kappa shape index (κ1) is 21.1. The number of aromatic nitrogens is 4. The largest absolute Gasteiger partial charge is 0.497 e. The number of methoxy groups -OCH3 is 1. The van der Waals surface area contributed by atoms with Crippen LogP contribution >= 0.6 is 12.4 Å². The van der Waals surface area contributed by atoms with Gasteiger partial charge in [-0.15, -0.1) is 17.5 Å². The number of nitrogens with two attached hydrogens (primary N) is 1. The van der Waals surface area contributed by atoms with Crippen LogP contribution in [0.3, 0.4) is 0 Å². The van der Waals surface area contributed by atoms with Gasteiger partial charge in [0.1, 0.15) is 17.6 Å². The molecule has 3 rings (SSSR count). The van der Waals surface area contributed by atoms with E-state index in [2.05, 4.69) is 22.4 Å². The van der Waals surface area contributed by atoms with Gasteiger partial charge >= 0.3 is 0 Å². The van der Waals surface area contributed by atoms with E-state index in [-0.39, 0.29) is 23.7 Å². The number of carbonyl (C=O) groups is 1. The van der Waals surface area contributed by atoms with E-state index in [1.54, 1.807) is 18.7 Å². The van der Waals surface area contributed by atoms with Gasteiger partial charge in [0.15, 0.2) is 0 Å². The number of benzene rings is 1. The number of ether oxygens (including phenoxy) is 1. The lowest BCUT2D eigenvalue weighted by Crippen LogP contribution is -2.40. The maximum Gasteiger partial charge on any atom is 0.247 e. The molecular formula is C18H27ClN6O2. The molecule has 0 spiro atoms. The molecular weight excluding hydrogens is 368 g/mol. The summed E-state index contributed by atoms with van der Waals surface area (Å²) >= 11 is 0. The average Bonchev–Trinajstić information content (AvgIpc) is 3.26. The van der Waals surface area contributed by atoms with Crippen LogP contribution in [0, 0.1) is 12.3 Å². The van der Waals surface area contributed by atoms with E-state index < -0.39 is 6.04 Å². The predicted molar refractivity (Wildman–Crippen MR) is 104 cm³/mol. The number of amides is 1. The molecule has 0 radical (unpaired) electrons. The van der Waals surface area contributed by atoms with E-state index in [1.807, 2.05) is 29.2 Å². The molecule has 27 heavy (non-hydrogen) atoms. The van der Waals surface area contributed by atoms with Crippen molar-refractivity contribution in [2.24, 2.45) is 11.1 Å². The van der Waals surface area contributed by atoms with Crippen LogP contribution in [0.4, 0.5) is 0 Å². The topological polar surface area (TPSA) is 99.2 Å². The molecule has 1 aliphatic heterocycles. The van der Waals surface area contributed by atoms with Crippen molar-refractivity contribution in [3.63, 3.8) is 0 Å². The Hall–Kier alpha value is -2.19. The molecule has 1 amide bonds. The van der Waals surface area contributed by atoms with Gasteiger partial charge in [-0.1, -0.05) is 19.1 Å². The number of hydrogen-bond donors (Lipinski definition) is 1. The van der Waals surface area contributed by atoms with Crippen LogP contribution in [0.25, 0.3) is 0 Å². The zero-order valence-corrected chi connectivity index (χ0v) is 16.8. The monoisotopic (exact) mass is 394 g/mol. The number of rotatable bonds is 6. The second-order valence-electron chi connectivity index (χ2n) is 7.27. The molecule has 0 bridgehead atoms. The van der Waals surface area contributed by atoms with Crippen molar-refractivity contribution in [1.82, 2.24) is 25.1 Å². The summed E-state index contributed by atoms with van der Waals surface area (Å²) in [4.78, 5) is 15.2. The van der Waals surface area contributed by atoms with Gasteiger partial charge in [0.25, 0.3) is 0 Å². The summed E-state index contributed by atoms with van der Waals surface area (Å²) < 4.78 is 6.91. The molecule has 2 atom stereocenters. The third kappa shape index (κ3) is 4.56. The highest BCUT2D eigenvalue weighted by Crippen LogP contribution is 2.31. The number of aryl methyl sites for hydroxylation is 1. The number of carbonyl (C=O) groups excluding carboxylic acids is 1. The Balaban J connectivity index is 0.00000261. The van der Waals surface area contributed by atoms with E-state index >= 15 is 0 Å². The van der Waals surface area contributed by atoms with Gasteiger partial charge in [-0.2, -0.15) is 0 Å². The zero-order chi connectivity index (χ0) is 18.7. The molecule has 1 aromatic carbocycles. The molecule has 2 heterocycles. The van der Waals surface area contributed by atoms with E-state index in [0.29, 0.717) is 31.9 Å². The van der Waals surface area contributed by atoms with Gasteiger partial charge < -0.3 is 15.4 Å². The van der Waals surface area contributed by atoms with Crippen LogP contribution < -0.4 is 10.5 Å². The Labute approximate surface area is 165 Å². The van der Waals surface area contributed by atoms with Crippen molar-refractivity contribution in [2.45, 2.75) is 32.7 Å². The van der Waals surface area contributed by atoms with Gasteiger partial charge in [-0.3, -0.25) is 4.79 Å². The Morgan fingerprint density at radius 3 is 2.81 bits per heavy atom. The van der Waals surface area contributed by atoms with Crippen molar-refractivity contribution in [3.05, 3.63) is 35.7 Å². The van der Waals surface area contributed by atoms with Gasteiger partial charge in [0.05, 0.1) is 7.11 Å². The van der Waals surface area contributed by atoms with Gasteiger partial charge in [0, 0.05) is 19.5 Å². The summed E-state index contributed by atoms with van der Waals surface area (Å²) in [7, 11) is 1.63. The second-order valence-corrected chi connectivity index (χ2v) is 7.27. The molecule has 2 N–H and O–H groups in total. The van der Waals surface area contributed by atoms with Crippen molar-refractivity contribution in [2.75, 3.05) is 26.7 Å². The van der Waals surface area contributed by atoms with E-state index in [4.69, 9.17) is 10.5 Å². The average molecular weight is 395 g/mol. The van der Waals surface area contributed by atoms with Crippen LogP contribution in [-0.2, 0) is 11.2 Å². The van der Waals surface area contributed by atoms with Crippen LogP contribution in [0.5, 0.6) is 5.75 Å². The summed E-state index contributed by atoms with van der Waals surface area (Å²) in [5.74, 6) is 1.41. The van der Waals surface area contributed by atoms with Crippen LogP contribution in [-0.4, -0.2) is 57.8 Å². The number of nitrogens with zero attached hydrogens (tertiary/aromatic N) is 5. The standard InChI is InChI=1S/C18H26N6O2.ClH/c1-13-20-21-22-24(13)16(10-14-5-4-6-15(9-14)26-3)17(25)23-8-7-18(2,11-19)12-23;/h4-6,9,16H,7-8,10-12,19H2,1-3H3;1H. The molecule has 0 aliphatic carbocycles. The van der Waals surface area contributed by atoms with Gasteiger partial charge in [-0.05, 0) is 53.4 Å². The van der Waals surface area contributed by atoms with Gasteiger partial charge in [0.2, 0.25) is 5.91 Å². The molecule has 9 heteroatoms. The molecule has 0 saturated carbocycles. The quantitative estimate of drug-likeness (QED) is 0.794. The molecule has 2 aromatic rings. The lowest BCUT2D eigenvalue weighted by atomic mass is 9.90. The molecule has 1 saturated heterocycles. The molecule has 1 aromatic heterocycles. The van der Waals surface area contributed by atoms with Crippen molar-refractivity contribution in [3.8, 4) is 5.75 Å². The van der Waals surface area contributed by atoms with Crippen LogP contribution in [0.2, 0.25) is 0 Å². The lowest BCUT2D eigenvalue weighted by Gasteiger charge is -2.26. The summed E-state index contributed by atoms with van der Waals surface area (Å²) in [6, 6.07) is 7.24. The Kier molecular flexibility index (Phi) is 6.78. The minimum atomic E-state index is -0.489. The lowest BCUT2D eigenvalue weighted by molar-refractivity contribution is -0.134. The van der Waals surface area contributed by atoms with E-state index in [1.165, 1.54) is 0 Å². The third-order valence-electron chi connectivity index (χ3n) is 5.16. The fourth-order valence-corrected chi connectivity index (χ4v) is 3.42. The predicted octanol–water partition coefficient (Wildman–Crippen LogP) is 1.39. The van der Waals surface area contributed by atoms with Crippen molar-refractivity contribution < 1.29 is 9.53 Å². The Morgan fingerprint density at radius 2 is 2.22 bits per heavy atom. The molecule has 1 fully saturated rings. The summed E-state index contributed by atoms with van der Waals surface area (Å²) in [5.41, 5.74) is 6.87. The fraction of sp³-hybridized carbons (Fsp3) is 0.556. The van der Waals surface area contributed by atoms with Crippen LogP contribution in [0.15, 0.2) is 24.3 Å². The molecule has 1 aliphatic rings. The van der Waals surface area contributed by atoms with E-state index in [9.17, 15) is 4.79 Å². The number of tetrazole rings is 1. The number of likely N-dealkylation sites (tertiary alicyclic amines) is 1. The fourth-order valence-electron chi connectivity index (χ4n) is 3.42. The van der Waals surface area contributed by atoms with Gasteiger partial charge in [-0.25, -0.2) is 4.68 Å². The minimum Gasteiger partial charge on any atom is -0.497 e. The SMILES string of the molecule is COc1cccc(CC(C(=O)N2CCC(C)(CN)C2)n2nnnc2C)c1.Cl. The molecule has 2 unspecified atom stereocenters. The highest BCUT2D eigenvalue weighted by atomic mass is 35.5. The third-order valence-corrected chi connectivity index (χ3v) is 5.16. The van der Waals surface area contributed by atoms with Crippen molar-refractivity contribution >= 4 is 18.3 Å². The zero-order valence-electron chi connectivity index (χ0n) is 16.0. The highest BCUT2D eigenvalue weighted by Gasteiger charge is 2.38. The summed E-state index contributed by atoms with van der Waals surface area (Å²) in [5, 5.41) is 11.7. The summed E-state index contributed by atoms with van der Waals surface area (Å²) in [6.07, 6.45) is 1.41. The van der Waals surface area contributed by atoms with Crippen LogP contribution in [0.1, 0.15) is 30.8 Å². The maximum absolute atomic E-state index is 13.3. The van der Waals surface area contributed by atoms with Crippen molar-refractivity contribution in [1.29, 1.82) is 0 Å². The second kappa shape index (κ2) is 8.67.